The second kappa shape index (κ2) is 34.5. The highest BCUT2D eigenvalue weighted by Gasteiger charge is 2.60. The van der Waals surface area contributed by atoms with E-state index >= 15 is 0 Å². The van der Waals surface area contributed by atoms with Crippen LogP contribution in [0.15, 0.2) is 0 Å². The van der Waals surface area contributed by atoms with E-state index in [0.29, 0.717) is 0 Å². The van der Waals surface area contributed by atoms with Crippen LogP contribution in [0.4, 0.5) is 0 Å². The lowest BCUT2D eigenvalue weighted by atomic mass is 9.93. The summed E-state index contributed by atoms with van der Waals surface area (Å²) in [6.07, 6.45) is -73.0. The van der Waals surface area contributed by atoms with Crippen LogP contribution in [0.1, 0.15) is 27.7 Å². The van der Waals surface area contributed by atoms with Crippen LogP contribution in [0, 0.1) is 0 Å². The number of rotatable bonds is 24. The molecule has 0 aromatic heterocycles. The van der Waals surface area contributed by atoms with Crippen LogP contribution in [-0.4, -0.2) is 422 Å². The van der Waals surface area contributed by atoms with Gasteiger partial charge in [-0.2, -0.15) is 0 Å². The topological polar surface area (TPSA) is 671 Å². The Morgan fingerprint density at radius 1 is 0.289 bits per heavy atom. The fourth-order valence-corrected chi connectivity index (χ4v) is 12.4. The molecule has 8 aliphatic heterocycles. The maximum atomic E-state index is 13.0. The number of nitrogens with one attached hydrogen (secondary N) is 3. The Morgan fingerprint density at radius 2 is 0.619 bits per heavy atom. The van der Waals surface area contributed by atoms with Gasteiger partial charge in [0.05, 0.1) is 52.4 Å². The van der Waals surface area contributed by atoms with Crippen LogP contribution in [0.2, 0.25) is 0 Å². The number of carbonyl (C=O) groups excluding carboxylic acids is 3. The summed E-state index contributed by atoms with van der Waals surface area (Å²) in [6.45, 7) is -2.78. The SMILES string of the molecule is CC(=O)N[C@@H]1[C@@H](O)[C@H](O[C@@H]2O[C@H](CO)[C@@H](O[C@@H]3O[C@H](CO[C@H]4O[C@H](CO)[C@@H](O)[C@H](O)[C@@H]4O)[C@@H](O)[C@H](O[C@H]4O[C@H](CO)[C@@H](O)[C@H](O)[C@@H]4O[C@@H]4O[C@H](CO)[C@@H](O[C@@H]5O[C@H](CO)[C@H](O)[C@H](O)[C@H]5O)[C@H](O)[C@H]4NC(C)=O)[C@@H]3O)[C@H](O)[C@H]2NC(C)=O)[C@@H](CO[C@H]2O[C@H](C)[C@H](O)[C@H](O)[C@H]2O)O[C@H]1O. The van der Waals surface area contributed by atoms with Crippen LogP contribution in [-0.2, 0) is 85.4 Å². The lowest BCUT2D eigenvalue weighted by Gasteiger charge is -2.51. The van der Waals surface area contributed by atoms with Gasteiger partial charge in [0, 0.05) is 20.8 Å². The molecule has 562 valence electrons. The van der Waals surface area contributed by atoms with Crippen LogP contribution in [0.25, 0.3) is 0 Å². The first-order valence-corrected chi connectivity index (χ1v) is 31.0. The molecular weight excluding hydrogens is 1330 g/mol. The third kappa shape index (κ3) is 17.6. The molecule has 25 N–H and O–H groups in total. The van der Waals surface area contributed by atoms with Crippen molar-refractivity contribution in [3.05, 3.63) is 0 Å². The average molecular weight is 1420 g/mol. The van der Waals surface area contributed by atoms with Gasteiger partial charge in [-0.25, -0.2) is 0 Å². The molecule has 0 aromatic rings. The molecule has 40 atom stereocenters. The van der Waals surface area contributed by atoms with Crippen LogP contribution in [0.3, 0.4) is 0 Å². The zero-order valence-electron chi connectivity index (χ0n) is 52.2. The van der Waals surface area contributed by atoms with E-state index in [-0.39, 0.29) is 0 Å². The molecule has 0 saturated carbocycles. The Bertz CT molecular complexity index is 2490. The summed E-state index contributed by atoms with van der Waals surface area (Å²) in [7, 11) is 0. The van der Waals surface area contributed by atoms with Gasteiger partial charge in [-0.05, 0) is 6.92 Å². The Labute approximate surface area is 549 Å². The van der Waals surface area contributed by atoms with E-state index in [2.05, 4.69) is 16.0 Å². The van der Waals surface area contributed by atoms with Gasteiger partial charge in [0.2, 0.25) is 17.7 Å². The predicted molar refractivity (Wildman–Crippen MR) is 298 cm³/mol. The molecule has 3 amide bonds. The number of aliphatic hydroxyl groups is 22. The number of hydrogen-bond donors (Lipinski definition) is 25. The van der Waals surface area contributed by atoms with E-state index in [4.69, 9.17) is 71.1 Å². The summed E-state index contributed by atoms with van der Waals surface area (Å²) in [5, 5.41) is 248. The quantitative estimate of drug-likeness (QED) is 0.0427. The molecule has 97 heavy (non-hydrogen) atoms. The van der Waals surface area contributed by atoms with Crippen molar-refractivity contribution in [2.24, 2.45) is 0 Å². The van der Waals surface area contributed by atoms with E-state index in [1.165, 1.54) is 6.92 Å². The van der Waals surface area contributed by atoms with Gasteiger partial charge in [0.15, 0.2) is 50.3 Å². The van der Waals surface area contributed by atoms with Crippen molar-refractivity contribution < 1.29 is 198 Å². The Kier molecular flexibility index (Phi) is 28.3. The summed E-state index contributed by atoms with van der Waals surface area (Å²) in [5.41, 5.74) is 0. The molecule has 8 saturated heterocycles. The second-order valence-electron chi connectivity index (χ2n) is 24.6. The first kappa shape index (κ1) is 79.6. The van der Waals surface area contributed by atoms with Crippen LogP contribution in [0.5, 0.6) is 0 Å². The van der Waals surface area contributed by atoms with Gasteiger partial charge in [-0.3, -0.25) is 14.4 Å². The van der Waals surface area contributed by atoms with Crippen molar-refractivity contribution >= 4 is 17.7 Å². The molecule has 43 heteroatoms. The third-order valence-electron chi connectivity index (χ3n) is 17.8. The fraction of sp³-hybridized carbons (Fsp3) is 0.944. The molecule has 0 bridgehead atoms. The highest BCUT2D eigenvalue weighted by atomic mass is 16.8. The number of amides is 3. The molecule has 0 aromatic carbocycles. The minimum absolute atomic E-state index is 0.795. The Morgan fingerprint density at radius 3 is 1.09 bits per heavy atom. The van der Waals surface area contributed by atoms with Crippen molar-refractivity contribution in [3.63, 3.8) is 0 Å². The molecule has 8 aliphatic rings. The van der Waals surface area contributed by atoms with Gasteiger partial charge in [-0.1, -0.05) is 0 Å². The normalized spacial score (nSPS) is 49.9. The minimum Gasteiger partial charge on any atom is -0.394 e. The van der Waals surface area contributed by atoms with E-state index in [0.717, 1.165) is 20.8 Å². The van der Waals surface area contributed by atoms with E-state index in [9.17, 15) is 127 Å². The summed E-state index contributed by atoms with van der Waals surface area (Å²) in [6, 6.07) is -5.49. The van der Waals surface area contributed by atoms with Crippen LogP contribution < -0.4 is 16.0 Å². The predicted octanol–water partition coefficient (Wildman–Crippen LogP) is -17.0. The second-order valence-corrected chi connectivity index (χ2v) is 24.6. The molecule has 8 heterocycles. The monoisotopic (exact) mass is 1420 g/mol. The lowest BCUT2D eigenvalue weighted by Crippen LogP contribution is -2.71. The molecule has 0 spiro atoms. The fourth-order valence-electron chi connectivity index (χ4n) is 12.4. The van der Waals surface area contributed by atoms with Crippen molar-refractivity contribution in [1.29, 1.82) is 0 Å². The number of hydrogen-bond acceptors (Lipinski definition) is 40. The lowest BCUT2D eigenvalue weighted by molar-refractivity contribution is -0.397. The van der Waals surface area contributed by atoms with Gasteiger partial charge in [0.1, 0.15) is 189 Å². The molecule has 0 aliphatic carbocycles. The Balaban J connectivity index is 1.09. The van der Waals surface area contributed by atoms with Gasteiger partial charge >= 0.3 is 0 Å². The smallest absolute Gasteiger partial charge is 0.217 e. The third-order valence-corrected chi connectivity index (χ3v) is 17.8. The molecule has 8 rings (SSSR count). The van der Waals surface area contributed by atoms with Crippen molar-refractivity contribution in [1.82, 2.24) is 16.0 Å². The van der Waals surface area contributed by atoms with E-state index in [1.54, 1.807) is 0 Å². The maximum absolute atomic E-state index is 13.0. The van der Waals surface area contributed by atoms with E-state index < -0.39 is 309 Å². The molecule has 0 radical (unpaired) electrons. The zero-order valence-corrected chi connectivity index (χ0v) is 52.2. The molecular formula is C54H91N3O40. The van der Waals surface area contributed by atoms with Gasteiger partial charge < -0.3 is 199 Å². The highest BCUT2D eigenvalue weighted by molar-refractivity contribution is 5.74. The first-order valence-electron chi connectivity index (χ1n) is 31.0. The largest absolute Gasteiger partial charge is 0.394 e. The van der Waals surface area contributed by atoms with Crippen molar-refractivity contribution in [3.8, 4) is 0 Å². The number of ether oxygens (including phenoxy) is 15. The van der Waals surface area contributed by atoms with Crippen molar-refractivity contribution in [2.45, 2.75) is 273 Å². The first-order chi connectivity index (χ1) is 45.8. The number of carbonyl (C=O) groups is 3. The summed E-state index contributed by atoms with van der Waals surface area (Å²) in [5.74, 6) is -2.64. The summed E-state index contributed by atoms with van der Waals surface area (Å²) >= 11 is 0. The minimum atomic E-state index is -2.47. The molecule has 43 nitrogen and oxygen atoms in total. The van der Waals surface area contributed by atoms with Crippen molar-refractivity contribution in [2.75, 3.05) is 46.2 Å². The average Bonchev–Trinajstić information content (AvgIpc) is 0.799. The summed E-state index contributed by atoms with van der Waals surface area (Å²) < 4.78 is 87.7. The maximum Gasteiger partial charge on any atom is 0.217 e. The summed E-state index contributed by atoms with van der Waals surface area (Å²) in [4.78, 5) is 38.1. The van der Waals surface area contributed by atoms with E-state index in [1.807, 2.05) is 0 Å². The molecule has 8 fully saturated rings. The van der Waals surface area contributed by atoms with Gasteiger partial charge in [-0.15, -0.1) is 0 Å². The highest BCUT2D eigenvalue weighted by Crippen LogP contribution is 2.39. The standard InChI is InChI=1S/C54H91N3O40/c1-12-26(66)34(74)38(78)50(85-12)84-11-22-44(31(71)23(47(82)86-22)55-13(2)63)93-48-24(56-14(3)64)32(72)43(20(9-62)90-48)95-53-41(81)45(30(70)21(92-53)10-83-51-39(79)35(75)27(67)16(5-58)87-51)96-54-46(37(77)29(69)18(7-60)89-54)97-49-25(57-15(4)65)33(73)42(19(8-61)91-49)94-52-40(80)36(76)28(68)17(6-59)88-52/h12,16-54,58-62,66-82H,5-11H2,1-4H3,(H,55,63)(H,56,64)(H,57,65)/t12-,16-,17-,18-,19-,20-,21-,22-,23-,24-,25-,26+,27-,28+,29-,30-,31-,32-,33-,34+,35+,36+,37+,38-,39+,40-,41+,42-,43-,44-,45+,46+,47-,48+,49+,50+,51+,52+,53+,54-/m1/s1. The molecule has 0 unspecified atom stereocenters. The van der Waals surface area contributed by atoms with Gasteiger partial charge in [0.25, 0.3) is 0 Å². The van der Waals surface area contributed by atoms with Crippen LogP contribution >= 0.6 is 0 Å². The Hall–Kier alpha value is -3.07. The zero-order chi connectivity index (χ0) is 71.5. The number of aliphatic hydroxyl groups excluding tert-OH is 22.